The highest BCUT2D eigenvalue weighted by Gasteiger charge is 2.28. The van der Waals surface area contributed by atoms with Crippen molar-refractivity contribution < 1.29 is 13.5 Å². The summed E-state index contributed by atoms with van der Waals surface area (Å²) in [6.45, 7) is 0.300. The fraction of sp³-hybridized carbons (Fsp3) is 0.400. The molecule has 2 aromatic heterocycles. The fourth-order valence-electron chi connectivity index (χ4n) is 7.69. The molecule has 2 aliphatic heterocycles. The maximum atomic E-state index is 12.5. The molecular weight excluding hydrogens is 544 g/mol. The smallest absolute Gasteiger partial charge is 0.345 e. The standard InChI is InChI=1S/C35H37F2N5O/c1-19-5-11-30(40-19)34-41-29-12-7-22-14-21(6-8-26(22)33(29)42-34)24-9-10-25(28-4-2-3-27(24)28)23-15-32(39-17-23)31-13-20(16-38-31)18-43-35(36)37/h6-10,12,14-15,17,19-20,30-31,35,38-40H,2-5,11,13,16,18H2,1H3,(H,41,42)/t19-,20-,30-,31-/m0/s1. The highest BCUT2D eigenvalue weighted by molar-refractivity contribution is 6.05. The minimum Gasteiger partial charge on any atom is -0.363 e. The lowest BCUT2D eigenvalue weighted by molar-refractivity contribution is -0.136. The van der Waals surface area contributed by atoms with Crippen LogP contribution in [0.5, 0.6) is 0 Å². The van der Waals surface area contributed by atoms with E-state index in [2.05, 4.69) is 87.0 Å². The third-order valence-electron chi connectivity index (χ3n) is 9.86. The molecule has 222 valence electrons. The Kier molecular flexibility index (Phi) is 6.81. The number of aromatic nitrogens is 3. The number of aromatic amines is 2. The molecule has 6 nitrogen and oxygen atoms in total. The third kappa shape index (κ3) is 4.95. The number of benzene rings is 3. The van der Waals surface area contributed by atoms with E-state index in [1.807, 2.05) is 0 Å². The van der Waals surface area contributed by atoms with E-state index in [9.17, 15) is 8.78 Å². The largest absolute Gasteiger partial charge is 0.363 e. The first-order valence-electron chi connectivity index (χ1n) is 15.7. The lowest BCUT2D eigenvalue weighted by Crippen LogP contribution is -2.21. The van der Waals surface area contributed by atoms with E-state index in [4.69, 9.17) is 4.98 Å². The van der Waals surface area contributed by atoms with Gasteiger partial charge in [0, 0.05) is 35.9 Å². The Hall–Kier alpha value is -3.59. The molecule has 2 fully saturated rings. The summed E-state index contributed by atoms with van der Waals surface area (Å²) >= 11 is 0. The Morgan fingerprint density at radius 1 is 0.953 bits per heavy atom. The number of halogens is 2. The molecule has 1 aliphatic carbocycles. The van der Waals surface area contributed by atoms with Crippen LogP contribution in [0.1, 0.15) is 67.3 Å². The molecule has 0 unspecified atom stereocenters. The molecule has 5 aromatic rings. The third-order valence-corrected chi connectivity index (χ3v) is 9.86. The van der Waals surface area contributed by atoms with Crippen molar-refractivity contribution in [3.05, 3.63) is 77.4 Å². The van der Waals surface area contributed by atoms with Gasteiger partial charge in [0.25, 0.3) is 0 Å². The lowest BCUT2D eigenvalue weighted by atomic mass is 9.90. The molecule has 0 radical (unpaired) electrons. The van der Waals surface area contributed by atoms with Crippen molar-refractivity contribution in [2.45, 2.75) is 70.2 Å². The van der Waals surface area contributed by atoms with E-state index in [0.29, 0.717) is 18.6 Å². The second kappa shape index (κ2) is 10.8. The molecule has 3 aromatic carbocycles. The molecule has 43 heavy (non-hydrogen) atoms. The van der Waals surface area contributed by atoms with E-state index in [1.165, 1.54) is 50.6 Å². The number of alkyl halides is 2. The summed E-state index contributed by atoms with van der Waals surface area (Å²) in [6.07, 6.45) is 8.49. The summed E-state index contributed by atoms with van der Waals surface area (Å²) in [5.41, 5.74) is 11.2. The molecule has 8 rings (SSSR count). The van der Waals surface area contributed by atoms with Gasteiger partial charge >= 0.3 is 6.61 Å². The van der Waals surface area contributed by atoms with Gasteiger partial charge in [-0.1, -0.05) is 30.3 Å². The van der Waals surface area contributed by atoms with Crippen LogP contribution in [0, 0.1) is 5.92 Å². The average molecular weight is 582 g/mol. The first-order valence-corrected chi connectivity index (χ1v) is 15.7. The van der Waals surface area contributed by atoms with Gasteiger partial charge < -0.3 is 25.3 Å². The van der Waals surface area contributed by atoms with Gasteiger partial charge in [-0.25, -0.2) is 4.98 Å². The predicted octanol–water partition coefficient (Wildman–Crippen LogP) is 7.57. The number of rotatable bonds is 7. The summed E-state index contributed by atoms with van der Waals surface area (Å²) in [5, 5.41) is 9.52. The number of imidazole rings is 1. The molecule has 4 heterocycles. The minimum absolute atomic E-state index is 0.0867. The lowest BCUT2D eigenvalue weighted by Gasteiger charge is -2.14. The maximum Gasteiger partial charge on any atom is 0.345 e. The normalized spacial score (nSPS) is 23.7. The zero-order chi connectivity index (χ0) is 29.1. The van der Waals surface area contributed by atoms with E-state index >= 15 is 0 Å². The first kappa shape index (κ1) is 27.0. The summed E-state index contributed by atoms with van der Waals surface area (Å²) in [7, 11) is 0. The summed E-state index contributed by atoms with van der Waals surface area (Å²) < 4.78 is 29.5. The number of hydrogen-bond acceptors (Lipinski definition) is 4. The molecule has 3 aliphatic rings. The van der Waals surface area contributed by atoms with E-state index < -0.39 is 6.61 Å². The topological polar surface area (TPSA) is 77.8 Å². The van der Waals surface area contributed by atoms with Crippen LogP contribution >= 0.6 is 0 Å². The van der Waals surface area contributed by atoms with Gasteiger partial charge in [-0.15, -0.1) is 0 Å². The molecule has 0 saturated carbocycles. The molecule has 8 heteroatoms. The highest BCUT2D eigenvalue weighted by Crippen LogP contribution is 2.41. The van der Waals surface area contributed by atoms with Gasteiger partial charge in [-0.2, -0.15) is 8.78 Å². The molecular formula is C35H37F2N5O. The van der Waals surface area contributed by atoms with Gasteiger partial charge in [0.05, 0.1) is 23.7 Å². The Bertz CT molecular complexity index is 1810. The zero-order valence-corrected chi connectivity index (χ0v) is 24.4. The van der Waals surface area contributed by atoms with Crippen molar-refractivity contribution in [1.82, 2.24) is 25.6 Å². The van der Waals surface area contributed by atoms with Crippen molar-refractivity contribution in [3.8, 4) is 22.3 Å². The number of ether oxygens (including phenoxy) is 1. The fourth-order valence-corrected chi connectivity index (χ4v) is 7.69. The van der Waals surface area contributed by atoms with Gasteiger partial charge in [-0.3, -0.25) is 0 Å². The van der Waals surface area contributed by atoms with E-state index in [0.717, 1.165) is 54.7 Å². The number of nitrogens with zero attached hydrogens (tertiary/aromatic N) is 1. The quantitative estimate of drug-likeness (QED) is 0.160. The van der Waals surface area contributed by atoms with Crippen LogP contribution in [0.2, 0.25) is 0 Å². The van der Waals surface area contributed by atoms with Crippen molar-refractivity contribution in [2.24, 2.45) is 5.92 Å². The summed E-state index contributed by atoms with van der Waals surface area (Å²) in [6, 6.07) is 18.9. The average Bonchev–Trinajstić information content (AvgIpc) is 3.84. The maximum absolute atomic E-state index is 12.5. The van der Waals surface area contributed by atoms with Gasteiger partial charge in [0.2, 0.25) is 0 Å². The van der Waals surface area contributed by atoms with Gasteiger partial charge in [0.15, 0.2) is 0 Å². The monoisotopic (exact) mass is 581 g/mol. The number of hydrogen-bond donors (Lipinski definition) is 4. The van der Waals surface area contributed by atoms with Crippen molar-refractivity contribution in [1.29, 1.82) is 0 Å². The SMILES string of the molecule is C[C@H]1CC[C@@H](c2nc3c(ccc4cc(-c5ccc(-c6c[nH]c([C@@H]7C[C@H](COC(F)F)CN7)c6)c6c5CCC6)ccc43)[nH]2)N1. The Morgan fingerprint density at radius 3 is 2.58 bits per heavy atom. The van der Waals surface area contributed by atoms with Crippen LogP contribution in [0.15, 0.2) is 54.7 Å². The van der Waals surface area contributed by atoms with Crippen LogP contribution in [0.25, 0.3) is 44.1 Å². The Morgan fingerprint density at radius 2 is 1.79 bits per heavy atom. The second-order valence-electron chi connectivity index (χ2n) is 12.7. The summed E-state index contributed by atoms with van der Waals surface area (Å²) in [4.78, 5) is 12.1. The molecule has 4 atom stereocenters. The molecule has 0 bridgehead atoms. The molecule has 0 spiro atoms. The summed E-state index contributed by atoms with van der Waals surface area (Å²) in [5.74, 6) is 1.14. The Balaban J connectivity index is 1.07. The first-order chi connectivity index (χ1) is 21.0. The number of nitrogens with one attached hydrogen (secondary N) is 4. The van der Waals surface area contributed by atoms with Crippen LogP contribution < -0.4 is 10.6 Å². The highest BCUT2D eigenvalue weighted by atomic mass is 19.3. The molecule has 2 saturated heterocycles. The minimum atomic E-state index is -2.71. The van der Waals surface area contributed by atoms with Crippen molar-refractivity contribution in [2.75, 3.05) is 13.2 Å². The number of H-pyrrole nitrogens is 2. The van der Waals surface area contributed by atoms with Crippen LogP contribution in [-0.4, -0.2) is 40.8 Å². The second-order valence-corrected chi connectivity index (χ2v) is 12.7. The van der Waals surface area contributed by atoms with Gasteiger partial charge in [0.1, 0.15) is 5.82 Å². The number of fused-ring (bicyclic) bond motifs is 4. The van der Waals surface area contributed by atoms with Crippen LogP contribution in [-0.2, 0) is 17.6 Å². The van der Waals surface area contributed by atoms with Gasteiger partial charge in [-0.05, 0) is 108 Å². The van der Waals surface area contributed by atoms with E-state index in [1.54, 1.807) is 0 Å². The molecule has 0 amide bonds. The van der Waals surface area contributed by atoms with E-state index in [-0.39, 0.29) is 18.6 Å². The van der Waals surface area contributed by atoms with Crippen LogP contribution in [0.3, 0.4) is 0 Å². The van der Waals surface area contributed by atoms with Crippen molar-refractivity contribution in [3.63, 3.8) is 0 Å². The Labute approximate surface area is 249 Å². The zero-order valence-electron chi connectivity index (χ0n) is 24.4. The van der Waals surface area contributed by atoms with Crippen molar-refractivity contribution >= 4 is 21.8 Å². The van der Waals surface area contributed by atoms with Crippen LogP contribution in [0.4, 0.5) is 8.78 Å². The predicted molar refractivity (Wildman–Crippen MR) is 166 cm³/mol. The molecule has 4 N–H and O–H groups in total.